The van der Waals surface area contributed by atoms with E-state index in [1.807, 2.05) is 6.07 Å². The lowest BCUT2D eigenvalue weighted by Gasteiger charge is -2.29. The van der Waals surface area contributed by atoms with Crippen LogP contribution in [-0.4, -0.2) is 12.6 Å². The quantitative estimate of drug-likeness (QED) is 0.892. The Balaban J connectivity index is 1.64. The van der Waals surface area contributed by atoms with Gasteiger partial charge in [-0.3, -0.25) is 0 Å². The number of benzene rings is 1. The molecule has 3 rings (SSSR count). The number of nitrogens with one attached hydrogen (secondary N) is 1. The van der Waals surface area contributed by atoms with Crippen molar-refractivity contribution in [2.75, 3.05) is 6.61 Å². The summed E-state index contributed by atoms with van der Waals surface area (Å²) in [5.74, 6) is 1.98. The molecule has 3 heteroatoms. The first-order chi connectivity index (χ1) is 9.76. The van der Waals surface area contributed by atoms with Crippen molar-refractivity contribution >= 4 is 11.6 Å². The first kappa shape index (κ1) is 14.2. The number of fused-ring (bicyclic) bond motifs is 1. The summed E-state index contributed by atoms with van der Waals surface area (Å²) in [6.45, 7) is 3.98. The summed E-state index contributed by atoms with van der Waals surface area (Å²) in [5, 5.41) is 4.55. The Labute approximate surface area is 126 Å². The van der Waals surface area contributed by atoms with E-state index in [-0.39, 0.29) is 0 Å². The fourth-order valence-electron chi connectivity index (χ4n) is 3.58. The van der Waals surface area contributed by atoms with Gasteiger partial charge in [-0.05, 0) is 36.5 Å². The zero-order valence-corrected chi connectivity index (χ0v) is 13.0. The average molecular weight is 294 g/mol. The molecule has 2 unspecified atom stereocenters. The molecule has 2 aliphatic rings. The van der Waals surface area contributed by atoms with Crippen LogP contribution >= 0.6 is 11.6 Å². The van der Waals surface area contributed by atoms with Crippen LogP contribution in [0.3, 0.4) is 0 Å². The van der Waals surface area contributed by atoms with E-state index in [9.17, 15) is 0 Å². The molecule has 1 aliphatic heterocycles. The van der Waals surface area contributed by atoms with E-state index in [1.165, 1.54) is 43.2 Å². The van der Waals surface area contributed by atoms with E-state index in [2.05, 4.69) is 18.3 Å². The molecule has 1 aliphatic carbocycles. The maximum atomic E-state index is 6.21. The summed E-state index contributed by atoms with van der Waals surface area (Å²) in [6, 6.07) is 4.75. The third-order valence-corrected chi connectivity index (χ3v) is 4.98. The molecule has 110 valence electrons. The van der Waals surface area contributed by atoms with Crippen LogP contribution in [0, 0.1) is 5.92 Å². The average Bonchev–Trinajstić information content (AvgIpc) is 2.93. The molecule has 1 saturated carbocycles. The summed E-state index contributed by atoms with van der Waals surface area (Å²) < 4.78 is 5.77. The first-order valence-electron chi connectivity index (χ1n) is 7.93. The molecule has 2 atom stereocenters. The minimum atomic E-state index is 0.657. The predicted molar refractivity (Wildman–Crippen MR) is 83.5 cm³/mol. The van der Waals surface area contributed by atoms with Gasteiger partial charge in [0.1, 0.15) is 5.75 Å². The molecule has 0 radical (unpaired) electrons. The second-order valence-electron chi connectivity index (χ2n) is 6.17. The minimum Gasteiger partial charge on any atom is -0.493 e. The standard InChI is InChI=1S/C17H24ClNO/c1-2-12-4-3-5-16(8-12)19-11-14-10-15(18)9-13-6-7-20-17(13)14/h9-10,12,16,19H,2-8,11H2,1H3. The van der Waals surface area contributed by atoms with Crippen LogP contribution in [0.4, 0.5) is 0 Å². The van der Waals surface area contributed by atoms with Crippen molar-refractivity contribution in [1.82, 2.24) is 5.32 Å². The number of hydrogen-bond acceptors (Lipinski definition) is 2. The van der Waals surface area contributed by atoms with Crippen LogP contribution in [0.5, 0.6) is 5.75 Å². The van der Waals surface area contributed by atoms with E-state index in [0.717, 1.165) is 36.3 Å². The Hall–Kier alpha value is -0.730. The maximum absolute atomic E-state index is 6.21. The fourth-order valence-corrected chi connectivity index (χ4v) is 3.84. The number of ether oxygens (including phenoxy) is 1. The predicted octanol–water partition coefficient (Wildman–Crippen LogP) is 4.33. The van der Waals surface area contributed by atoms with Gasteiger partial charge >= 0.3 is 0 Å². The monoisotopic (exact) mass is 293 g/mol. The molecule has 1 fully saturated rings. The van der Waals surface area contributed by atoms with Crippen molar-refractivity contribution < 1.29 is 4.74 Å². The van der Waals surface area contributed by atoms with Gasteiger partial charge in [0.15, 0.2) is 0 Å². The van der Waals surface area contributed by atoms with Crippen molar-refractivity contribution in [3.05, 3.63) is 28.3 Å². The van der Waals surface area contributed by atoms with E-state index in [4.69, 9.17) is 16.3 Å². The van der Waals surface area contributed by atoms with Crippen LogP contribution in [0.2, 0.25) is 5.02 Å². The zero-order valence-electron chi connectivity index (χ0n) is 12.3. The molecule has 0 bridgehead atoms. The van der Waals surface area contributed by atoms with Crippen molar-refractivity contribution in [3.63, 3.8) is 0 Å². The lowest BCUT2D eigenvalue weighted by molar-refractivity contribution is 0.277. The third kappa shape index (κ3) is 3.12. The Bertz CT molecular complexity index is 474. The molecule has 0 amide bonds. The number of halogens is 1. The van der Waals surface area contributed by atoms with Gasteiger partial charge in [0.25, 0.3) is 0 Å². The van der Waals surface area contributed by atoms with Gasteiger partial charge in [0, 0.05) is 29.6 Å². The Morgan fingerprint density at radius 3 is 3.10 bits per heavy atom. The van der Waals surface area contributed by atoms with E-state index in [1.54, 1.807) is 0 Å². The summed E-state index contributed by atoms with van der Waals surface area (Å²) in [4.78, 5) is 0. The van der Waals surface area contributed by atoms with Crippen LogP contribution < -0.4 is 10.1 Å². The van der Waals surface area contributed by atoms with Gasteiger partial charge in [-0.1, -0.05) is 37.8 Å². The van der Waals surface area contributed by atoms with E-state index < -0.39 is 0 Å². The Morgan fingerprint density at radius 1 is 1.35 bits per heavy atom. The molecule has 1 aromatic rings. The molecule has 0 saturated heterocycles. The lowest BCUT2D eigenvalue weighted by atomic mass is 9.84. The second-order valence-corrected chi connectivity index (χ2v) is 6.61. The summed E-state index contributed by atoms with van der Waals surface area (Å²) in [6.07, 6.45) is 7.70. The van der Waals surface area contributed by atoms with Crippen molar-refractivity contribution in [1.29, 1.82) is 0 Å². The van der Waals surface area contributed by atoms with Gasteiger partial charge in [-0.25, -0.2) is 0 Å². The highest BCUT2D eigenvalue weighted by molar-refractivity contribution is 6.30. The van der Waals surface area contributed by atoms with Gasteiger partial charge < -0.3 is 10.1 Å². The van der Waals surface area contributed by atoms with Crippen LogP contribution in [-0.2, 0) is 13.0 Å². The molecule has 20 heavy (non-hydrogen) atoms. The van der Waals surface area contributed by atoms with E-state index in [0.29, 0.717) is 6.04 Å². The smallest absolute Gasteiger partial charge is 0.127 e. The normalized spacial score (nSPS) is 25.3. The third-order valence-electron chi connectivity index (χ3n) is 4.77. The first-order valence-corrected chi connectivity index (χ1v) is 8.31. The van der Waals surface area contributed by atoms with E-state index >= 15 is 0 Å². The van der Waals surface area contributed by atoms with Crippen LogP contribution in [0.1, 0.15) is 50.2 Å². The Morgan fingerprint density at radius 2 is 2.25 bits per heavy atom. The summed E-state index contributed by atoms with van der Waals surface area (Å²) in [7, 11) is 0. The van der Waals surface area contributed by atoms with Crippen molar-refractivity contribution in [2.24, 2.45) is 5.92 Å². The maximum Gasteiger partial charge on any atom is 0.127 e. The Kier molecular flexibility index (Phi) is 4.52. The topological polar surface area (TPSA) is 21.3 Å². The number of hydrogen-bond donors (Lipinski definition) is 1. The van der Waals surface area contributed by atoms with Gasteiger partial charge in [-0.15, -0.1) is 0 Å². The molecule has 0 spiro atoms. The lowest BCUT2D eigenvalue weighted by Crippen LogP contribution is -2.33. The number of rotatable bonds is 4. The SMILES string of the molecule is CCC1CCCC(NCc2cc(Cl)cc3c2OCC3)C1. The summed E-state index contributed by atoms with van der Waals surface area (Å²) >= 11 is 6.21. The summed E-state index contributed by atoms with van der Waals surface area (Å²) in [5.41, 5.74) is 2.49. The fraction of sp³-hybridized carbons (Fsp3) is 0.647. The molecule has 1 heterocycles. The largest absolute Gasteiger partial charge is 0.493 e. The van der Waals surface area contributed by atoms with Crippen molar-refractivity contribution in [2.45, 2.75) is 58.0 Å². The highest BCUT2D eigenvalue weighted by Gasteiger charge is 2.22. The van der Waals surface area contributed by atoms with Crippen LogP contribution in [0.15, 0.2) is 12.1 Å². The molecule has 0 aromatic heterocycles. The van der Waals surface area contributed by atoms with Gasteiger partial charge in [-0.2, -0.15) is 0 Å². The highest BCUT2D eigenvalue weighted by atomic mass is 35.5. The molecule has 1 aromatic carbocycles. The van der Waals surface area contributed by atoms with Crippen LogP contribution in [0.25, 0.3) is 0 Å². The molecular formula is C17H24ClNO. The highest BCUT2D eigenvalue weighted by Crippen LogP contribution is 2.33. The minimum absolute atomic E-state index is 0.657. The zero-order chi connectivity index (χ0) is 13.9. The molecular weight excluding hydrogens is 270 g/mol. The molecule has 1 N–H and O–H groups in total. The second kappa shape index (κ2) is 6.36. The van der Waals surface area contributed by atoms with Crippen molar-refractivity contribution in [3.8, 4) is 5.75 Å². The van der Waals surface area contributed by atoms with Gasteiger partial charge in [0.05, 0.1) is 6.61 Å². The molecule has 2 nitrogen and oxygen atoms in total. The van der Waals surface area contributed by atoms with Gasteiger partial charge in [0.2, 0.25) is 0 Å².